The fraction of sp³-hybridized carbons (Fsp3) is 0.348. The third-order valence-electron chi connectivity index (χ3n) is 4.62. The van der Waals surface area contributed by atoms with Crippen molar-refractivity contribution >= 4 is 33.4 Å². The van der Waals surface area contributed by atoms with Crippen molar-refractivity contribution in [2.75, 3.05) is 11.1 Å². The number of aryl methyl sites for hydroxylation is 1. The molecule has 3 rings (SSSR count). The van der Waals surface area contributed by atoms with Crippen LogP contribution in [0.1, 0.15) is 33.3 Å². The maximum absolute atomic E-state index is 12.6. The second-order valence-electron chi connectivity index (χ2n) is 8.59. The highest BCUT2D eigenvalue weighted by atomic mass is 32.2. The van der Waals surface area contributed by atoms with Gasteiger partial charge in [-0.3, -0.25) is 4.79 Å². The molecule has 0 radical (unpaired) electrons. The van der Waals surface area contributed by atoms with Crippen LogP contribution in [0.25, 0.3) is 11.4 Å². The molecule has 0 spiro atoms. The van der Waals surface area contributed by atoms with E-state index in [2.05, 4.69) is 20.2 Å². The molecule has 0 unspecified atom stereocenters. The molecule has 1 amide bonds. The Labute approximate surface area is 199 Å². The van der Waals surface area contributed by atoms with Gasteiger partial charge in [0.1, 0.15) is 0 Å². The highest BCUT2D eigenvalue weighted by Gasteiger charge is 2.22. The molecule has 0 saturated heterocycles. The minimum absolute atomic E-state index is 0.0940. The van der Waals surface area contributed by atoms with Gasteiger partial charge in [-0.25, -0.2) is 13.1 Å². The summed E-state index contributed by atoms with van der Waals surface area (Å²) in [4.78, 5) is 12.6. The number of anilines is 1. The van der Waals surface area contributed by atoms with Gasteiger partial charge in [0.05, 0.1) is 10.6 Å². The van der Waals surface area contributed by atoms with Gasteiger partial charge in [-0.05, 0) is 58.4 Å². The van der Waals surface area contributed by atoms with Crippen LogP contribution in [-0.4, -0.2) is 40.4 Å². The zero-order valence-corrected chi connectivity index (χ0v) is 21.0. The third kappa shape index (κ3) is 6.43. The fourth-order valence-electron chi connectivity index (χ4n) is 3.23. The molecular formula is C23H29N5O3S2. The molecule has 0 aliphatic rings. The second-order valence-corrected chi connectivity index (χ2v) is 11.2. The number of hydrogen-bond acceptors (Lipinski definition) is 6. The molecule has 0 saturated carbocycles. The number of aromatic nitrogens is 3. The van der Waals surface area contributed by atoms with Crippen LogP contribution in [0.5, 0.6) is 0 Å². The van der Waals surface area contributed by atoms with Gasteiger partial charge in [0, 0.05) is 23.3 Å². The molecule has 1 aromatic heterocycles. The Morgan fingerprint density at radius 2 is 1.82 bits per heavy atom. The molecule has 0 bridgehead atoms. The molecule has 2 N–H and O–H groups in total. The summed E-state index contributed by atoms with van der Waals surface area (Å²) in [6.07, 6.45) is 0. The van der Waals surface area contributed by atoms with Crippen molar-refractivity contribution in [3.05, 3.63) is 54.1 Å². The SMILES string of the molecule is CCn1c(SCC(=O)Nc2cccc(S(=O)(=O)NC(C)(C)C)c2)nnc1-c1ccccc1C. The minimum Gasteiger partial charge on any atom is -0.325 e. The van der Waals surface area contributed by atoms with Crippen LogP contribution in [0.4, 0.5) is 5.69 Å². The minimum atomic E-state index is -3.70. The summed E-state index contributed by atoms with van der Waals surface area (Å²) in [6.45, 7) is 10.0. The van der Waals surface area contributed by atoms with E-state index in [0.29, 0.717) is 17.4 Å². The van der Waals surface area contributed by atoms with Crippen molar-refractivity contribution in [3.63, 3.8) is 0 Å². The van der Waals surface area contributed by atoms with Crippen LogP contribution >= 0.6 is 11.8 Å². The lowest BCUT2D eigenvalue weighted by atomic mass is 10.1. The first-order valence-corrected chi connectivity index (χ1v) is 13.0. The summed E-state index contributed by atoms with van der Waals surface area (Å²) in [5, 5.41) is 12.0. The van der Waals surface area contributed by atoms with Gasteiger partial charge >= 0.3 is 0 Å². The van der Waals surface area contributed by atoms with Gasteiger partial charge in [0.2, 0.25) is 15.9 Å². The van der Waals surface area contributed by atoms with Crippen molar-refractivity contribution in [2.24, 2.45) is 0 Å². The number of sulfonamides is 1. The standard InChI is InChI=1S/C23H29N5O3S2/c1-6-28-21(19-13-8-7-10-16(19)2)25-26-22(28)32-15-20(29)24-17-11-9-12-18(14-17)33(30,31)27-23(3,4)5/h7-14,27H,6,15H2,1-5H3,(H,24,29). The Morgan fingerprint density at radius 1 is 1.09 bits per heavy atom. The third-order valence-corrected chi connectivity index (χ3v) is 7.34. The van der Waals surface area contributed by atoms with E-state index in [0.717, 1.165) is 17.0 Å². The topological polar surface area (TPSA) is 106 Å². The normalized spacial score (nSPS) is 12.0. The fourth-order valence-corrected chi connectivity index (χ4v) is 5.50. The van der Waals surface area contributed by atoms with Crippen LogP contribution < -0.4 is 10.0 Å². The lowest BCUT2D eigenvalue weighted by Gasteiger charge is -2.20. The molecule has 0 atom stereocenters. The van der Waals surface area contributed by atoms with Crippen molar-refractivity contribution in [1.82, 2.24) is 19.5 Å². The van der Waals surface area contributed by atoms with Gasteiger partial charge in [-0.2, -0.15) is 0 Å². The highest BCUT2D eigenvalue weighted by molar-refractivity contribution is 7.99. The van der Waals surface area contributed by atoms with Crippen LogP contribution in [0, 0.1) is 6.92 Å². The van der Waals surface area contributed by atoms with Crippen molar-refractivity contribution < 1.29 is 13.2 Å². The summed E-state index contributed by atoms with van der Waals surface area (Å²) < 4.78 is 29.7. The predicted molar refractivity (Wildman–Crippen MR) is 132 cm³/mol. The zero-order valence-electron chi connectivity index (χ0n) is 19.4. The first-order chi connectivity index (χ1) is 15.5. The first kappa shape index (κ1) is 24.9. The monoisotopic (exact) mass is 487 g/mol. The van der Waals surface area contributed by atoms with Crippen LogP contribution in [0.15, 0.2) is 58.6 Å². The van der Waals surface area contributed by atoms with Gasteiger partial charge in [-0.1, -0.05) is 42.1 Å². The number of nitrogens with zero attached hydrogens (tertiary/aromatic N) is 3. The number of rotatable bonds is 8. The first-order valence-electron chi connectivity index (χ1n) is 10.6. The second kappa shape index (κ2) is 10.1. The van der Waals surface area contributed by atoms with E-state index < -0.39 is 15.6 Å². The number of thioether (sulfide) groups is 1. The number of nitrogens with one attached hydrogen (secondary N) is 2. The van der Waals surface area contributed by atoms with Gasteiger partial charge in [0.15, 0.2) is 11.0 Å². The average Bonchev–Trinajstić information content (AvgIpc) is 3.14. The van der Waals surface area contributed by atoms with Gasteiger partial charge in [-0.15, -0.1) is 10.2 Å². The quantitative estimate of drug-likeness (QED) is 0.464. The molecule has 33 heavy (non-hydrogen) atoms. The average molecular weight is 488 g/mol. The van der Waals surface area contributed by atoms with Crippen LogP contribution in [0.2, 0.25) is 0 Å². The van der Waals surface area contributed by atoms with Crippen molar-refractivity contribution in [1.29, 1.82) is 0 Å². The summed E-state index contributed by atoms with van der Waals surface area (Å²) in [6, 6.07) is 14.2. The van der Waals surface area contributed by atoms with E-state index in [1.54, 1.807) is 32.9 Å². The zero-order chi connectivity index (χ0) is 24.2. The maximum Gasteiger partial charge on any atom is 0.241 e. The molecular weight excluding hydrogens is 458 g/mol. The molecule has 1 heterocycles. The number of amides is 1. The molecule has 0 aliphatic heterocycles. The predicted octanol–water partition coefficient (Wildman–Crippen LogP) is 4.08. The van der Waals surface area contributed by atoms with Crippen LogP contribution in [-0.2, 0) is 21.4 Å². The number of carbonyl (C=O) groups is 1. The molecule has 3 aromatic rings. The lowest BCUT2D eigenvalue weighted by molar-refractivity contribution is -0.113. The Morgan fingerprint density at radius 3 is 2.48 bits per heavy atom. The van der Waals surface area contributed by atoms with E-state index in [1.165, 1.54) is 23.9 Å². The Balaban J connectivity index is 1.69. The summed E-state index contributed by atoms with van der Waals surface area (Å²) in [5.41, 5.74) is 1.91. The summed E-state index contributed by atoms with van der Waals surface area (Å²) >= 11 is 1.28. The maximum atomic E-state index is 12.6. The van der Waals surface area contributed by atoms with E-state index >= 15 is 0 Å². The Kier molecular flexibility index (Phi) is 7.61. The van der Waals surface area contributed by atoms with Crippen LogP contribution in [0.3, 0.4) is 0 Å². The number of hydrogen-bond donors (Lipinski definition) is 2. The lowest BCUT2D eigenvalue weighted by Crippen LogP contribution is -2.40. The highest BCUT2D eigenvalue weighted by Crippen LogP contribution is 2.26. The Bertz CT molecular complexity index is 1250. The molecule has 8 nitrogen and oxygen atoms in total. The molecule has 10 heteroatoms. The van der Waals surface area contributed by atoms with Crippen molar-refractivity contribution in [2.45, 2.75) is 56.8 Å². The van der Waals surface area contributed by atoms with E-state index in [1.807, 2.05) is 42.7 Å². The number of carbonyl (C=O) groups excluding carboxylic acids is 1. The summed E-state index contributed by atoms with van der Waals surface area (Å²) in [5.74, 6) is 0.618. The number of benzene rings is 2. The molecule has 0 fully saturated rings. The van der Waals surface area contributed by atoms with Gasteiger partial charge in [0.25, 0.3) is 0 Å². The van der Waals surface area contributed by atoms with E-state index in [4.69, 9.17) is 0 Å². The van der Waals surface area contributed by atoms with Crippen molar-refractivity contribution in [3.8, 4) is 11.4 Å². The molecule has 0 aliphatic carbocycles. The molecule has 176 valence electrons. The van der Waals surface area contributed by atoms with E-state index in [-0.39, 0.29) is 16.6 Å². The smallest absolute Gasteiger partial charge is 0.241 e. The summed E-state index contributed by atoms with van der Waals surface area (Å²) in [7, 11) is -3.70. The Hall–Kier alpha value is -2.69. The van der Waals surface area contributed by atoms with Gasteiger partial charge < -0.3 is 9.88 Å². The van der Waals surface area contributed by atoms with E-state index in [9.17, 15) is 13.2 Å². The molecule has 2 aromatic carbocycles. The largest absolute Gasteiger partial charge is 0.325 e.